The summed E-state index contributed by atoms with van der Waals surface area (Å²) in [7, 11) is 0. The molecular formula is C15H19Cl2N3O3. The number of hydrogen-bond acceptors (Lipinski definition) is 5. The van der Waals surface area contributed by atoms with Gasteiger partial charge in [-0.2, -0.15) is 0 Å². The van der Waals surface area contributed by atoms with Crippen LogP contribution >= 0.6 is 23.2 Å². The summed E-state index contributed by atoms with van der Waals surface area (Å²) in [6.07, 6.45) is -3.28. The number of halogens is 2. The van der Waals surface area contributed by atoms with E-state index in [2.05, 4.69) is 10.3 Å². The smallest absolute Gasteiger partial charge is 0.206 e. The third-order valence-electron chi connectivity index (χ3n) is 3.88. The summed E-state index contributed by atoms with van der Waals surface area (Å²) in [5, 5.41) is 24.3. The lowest BCUT2D eigenvalue weighted by Gasteiger charge is -2.21. The first kappa shape index (κ1) is 16.8. The fraction of sp³-hybridized carbons (Fsp3) is 0.533. The number of hydrogen-bond donors (Lipinski definition) is 3. The first-order chi connectivity index (χ1) is 10.8. The molecule has 3 rings (SSSR count). The van der Waals surface area contributed by atoms with Crippen LogP contribution in [0.4, 0.5) is 5.95 Å². The lowest BCUT2D eigenvalue weighted by Crippen LogP contribution is -2.31. The topological polar surface area (TPSA) is 79.5 Å². The molecule has 2 heterocycles. The fourth-order valence-electron chi connectivity index (χ4n) is 2.75. The number of benzene rings is 1. The summed E-state index contributed by atoms with van der Waals surface area (Å²) in [5.74, 6) is 0.527. The van der Waals surface area contributed by atoms with Crippen LogP contribution in [0.3, 0.4) is 0 Å². The molecule has 0 radical (unpaired) electrons. The van der Waals surface area contributed by atoms with Crippen LogP contribution in [0.15, 0.2) is 12.1 Å². The normalized spacial score (nSPS) is 28.0. The van der Waals surface area contributed by atoms with E-state index in [-0.39, 0.29) is 6.04 Å². The molecule has 0 amide bonds. The predicted molar refractivity (Wildman–Crippen MR) is 90.1 cm³/mol. The van der Waals surface area contributed by atoms with E-state index >= 15 is 0 Å². The van der Waals surface area contributed by atoms with Gasteiger partial charge in [-0.3, -0.25) is 4.57 Å². The van der Waals surface area contributed by atoms with Gasteiger partial charge < -0.3 is 20.3 Å². The van der Waals surface area contributed by atoms with Crippen LogP contribution < -0.4 is 5.32 Å². The van der Waals surface area contributed by atoms with E-state index in [4.69, 9.17) is 27.9 Å². The second-order valence-corrected chi connectivity index (χ2v) is 6.89. The molecule has 0 bridgehead atoms. The van der Waals surface area contributed by atoms with Crippen molar-refractivity contribution in [2.45, 2.75) is 51.4 Å². The molecule has 23 heavy (non-hydrogen) atoms. The van der Waals surface area contributed by atoms with Crippen molar-refractivity contribution in [3.8, 4) is 0 Å². The van der Waals surface area contributed by atoms with E-state index < -0.39 is 24.5 Å². The van der Waals surface area contributed by atoms with Crippen LogP contribution in [0.25, 0.3) is 11.0 Å². The van der Waals surface area contributed by atoms with Crippen molar-refractivity contribution in [3.63, 3.8) is 0 Å². The third-order valence-corrected chi connectivity index (χ3v) is 4.60. The third kappa shape index (κ3) is 2.90. The highest BCUT2D eigenvalue weighted by molar-refractivity contribution is 6.42. The molecule has 126 valence electrons. The van der Waals surface area contributed by atoms with Gasteiger partial charge >= 0.3 is 0 Å². The Morgan fingerprint density at radius 2 is 1.87 bits per heavy atom. The van der Waals surface area contributed by atoms with Crippen molar-refractivity contribution < 1.29 is 14.9 Å². The van der Waals surface area contributed by atoms with E-state index in [1.807, 2.05) is 13.8 Å². The second-order valence-electron chi connectivity index (χ2n) is 6.07. The lowest BCUT2D eigenvalue weighted by atomic mass is 10.1. The number of imidazole rings is 1. The molecule has 1 aromatic carbocycles. The molecule has 1 saturated heterocycles. The number of aliphatic hydroxyl groups excluding tert-OH is 2. The molecular weight excluding hydrogens is 341 g/mol. The molecule has 0 saturated carbocycles. The van der Waals surface area contributed by atoms with Gasteiger partial charge in [-0.15, -0.1) is 0 Å². The van der Waals surface area contributed by atoms with E-state index in [9.17, 15) is 10.2 Å². The van der Waals surface area contributed by atoms with Gasteiger partial charge in [0.05, 0.1) is 27.2 Å². The van der Waals surface area contributed by atoms with Gasteiger partial charge in [0.1, 0.15) is 12.2 Å². The molecule has 0 spiro atoms. The minimum Gasteiger partial charge on any atom is -0.388 e. The zero-order valence-corrected chi connectivity index (χ0v) is 14.5. The van der Waals surface area contributed by atoms with Crippen LogP contribution in [0.2, 0.25) is 10.0 Å². The second kappa shape index (κ2) is 6.11. The summed E-state index contributed by atoms with van der Waals surface area (Å²) < 4.78 is 7.45. The number of anilines is 1. The van der Waals surface area contributed by atoms with Crippen LogP contribution in [0.5, 0.6) is 0 Å². The highest BCUT2D eigenvalue weighted by Crippen LogP contribution is 2.37. The Morgan fingerprint density at radius 1 is 1.22 bits per heavy atom. The fourth-order valence-corrected chi connectivity index (χ4v) is 3.06. The van der Waals surface area contributed by atoms with Crippen LogP contribution in [0.1, 0.15) is 27.0 Å². The molecule has 1 aromatic heterocycles. The van der Waals surface area contributed by atoms with Crippen LogP contribution in [0, 0.1) is 0 Å². The molecule has 2 aromatic rings. The standard InChI is InChI=1S/C15H19Cl2N3O3/c1-6(2)18-15-19-10-4-8(16)9(17)5-11(10)20(15)14-13(22)12(21)7(3)23-14/h4-7,12-14,21-22H,1-3H3,(H,18,19)/t7?,12-,13-,14-/m0/s1. The maximum atomic E-state index is 10.3. The Hall–Kier alpha value is -1.05. The SMILES string of the molecule is CC(C)Nc1nc2cc(Cl)c(Cl)cc2n1[C@H]1OC(C)[C@H](O)[C@@H]1O. The van der Waals surface area contributed by atoms with Gasteiger partial charge in [-0.25, -0.2) is 4.98 Å². The number of rotatable bonds is 3. The Balaban J connectivity index is 2.18. The quantitative estimate of drug-likeness (QED) is 0.785. The van der Waals surface area contributed by atoms with Crippen molar-refractivity contribution in [1.29, 1.82) is 0 Å². The van der Waals surface area contributed by atoms with E-state index in [0.29, 0.717) is 27.0 Å². The minimum atomic E-state index is -1.07. The average Bonchev–Trinajstić information content (AvgIpc) is 2.91. The zero-order valence-electron chi connectivity index (χ0n) is 13.0. The van der Waals surface area contributed by atoms with Gasteiger partial charge in [0, 0.05) is 6.04 Å². The Morgan fingerprint density at radius 3 is 2.43 bits per heavy atom. The summed E-state index contributed by atoms with van der Waals surface area (Å²) in [4.78, 5) is 4.52. The van der Waals surface area contributed by atoms with Crippen LogP contribution in [-0.4, -0.2) is 44.1 Å². The Bertz CT molecular complexity index is 734. The summed E-state index contributed by atoms with van der Waals surface area (Å²) >= 11 is 12.2. The van der Waals surface area contributed by atoms with Crippen molar-refractivity contribution in [2.75, 3.05) is 5.32 Å². The first-order valence-corrected chi connectivity index (χ1v) is 8.20. The van der Waals surface area contributed by atoms with E-state index in [1.54, 1.807) is 23.6 Å². The van der Waals surface area contributed by atoms with Gasteiger partial charge in [0.15, 0.2) is 6.23 Å². The lowest BCUT2D eigenvalue weighted by molar-refractivity contribution is -0.0284. The van der Waals surface area contributed by atoms with Crippen LogP contribution in [-0.2, 0) is 4.74 Å². The first-order valence-electron chi connectivity index (χ1n) is 7.44. The van der Waals surface area contributed by atoms with Gasteiger partial charge in [-0.1, -0.05) is 23.2 Å². The summed E-state index contributed by atoms with van der Waals surface area (Å²) in [6, 6.07) is 3.48. The molecule has 0 aliphatic carbocycles. The number of nitrogens with zero attached hydrogens (tertiary/aromatic N) is 2. The van der Waals surface area contributed by atoms with Crippen molar-refractivity contribution in [3.05, 3.63) is 22.2 Å². The maximum Gasteiger partial charge on any atom is 0.206 e. The Labute approximate surface area is 144 Å². The van der Waals surface area contributed by atoms with Crippen molar-refractivity contribution >= 4 is 40.2 Å². The summed E-state index contributed by atoms with van der Waals surface area (Å²) in [5.41, 5.74) is 1.31. The maximum absolute atomic E-state index is 10.3. The van der Waals surface area contributed by atoms with E-state index in [1.165, 1.54) is 0 Å². The number of aromatic nitrogens is 2. The van der Waals surface area contributed by atoms with Crippen molar-refractivity contribution in [1.82, 2.24) is 9.55 Å². The number of aliphatic hydroxyl groups is 2. The molecule has 1 aliphatic rings. The highest BCUT2D eigenvalue weighted by atomic mass is 35.5. The molecule has 1 unspecified atom stereocenters. The monoisotopic (exact) mass is 359 g/mol. The largest absolute Gasteiger partial charge is 0.388 e. The molecule has 8 heteroatoms. The molecule has 4 atom stereocenters. The van der Waals surface area contributed by atoms with Crippen molar-refractivity contribution in [2.24, 2.45) is 0 Å². The number of fused-ring (bicyclic) bond motifs is 1. The average molecular weight is 360 g/mol. The molecule has 3 N–H and O–H groups in total. The zero-order chi connectivity index (χ0) is 16.9. The Kier molecular flexibility index (Phi) is 4.46. The predicted octanol–water partition coefficient (Wildman–Crippen LogP) is 2.80. The molecule has 1 aliphatic heterocycles. The van der Waals surface area contributed by atoms with Gasteiger partial charge in [0.2, 0.25) is 5.95 Å². The summed E-state index contributed by atoms with van der Waals surface area (Å²) in [6.45, 7) is 5.67. The minimum absolute atomic E-state index is 0.123. The highest BCUT2D eigenvalue weighted by Gasteiger charge is 2.42. The van der Waals surface area contributed by atoms with Gasteiger partial charge in [-0.05, 0) is 32.9 Å². The number of nitrogens with one attached hydrogen (secondary N) is 1. The van der Waals surface area contributed by atoms with E-state index in [0.717, 1.165) is 0 Å². The van der Waals surface area contributed by atoms with Gasteiger partial charge in [0.25, 0.3) is 0 Å². The molecule has 1 fully saturated rings. The molecule has 6 nitrogen and oxygen atoms in total. The number of ether oxygens (including phenoxy) is 1.